The zero-order valence-electron chi connectivity index (χ0n) is 12.2. The van der Waals surface area contributed by atoms with Gasteiger partial charge >= 0.3 is 12.7 Å². The minimum absolute atomic E-state index is 0.0118. The highest BCUT2D eigenvalue weighted by molar-refractivity contribution is 6.56. The van der Waals surface area contributed by atoms with Gasteiger partial charge in [0.1, 0.15) is 5.54 Å². The molecule has 1 saturated carbocycles. The van der Waals surface area contributed by atoms with Gasteiger partial charge < -0.3 is 30.8 Å². The zero-order chi connectivity index (χ0) is 15.6. The van der Waals surface area contributed by atoms with Gasteiger partial charge in [-0.25, -0.2) is 0 Å². The molecule has 0 aromatic rings. The highest BCUT2D eigenvalue weighted by Gasteiger charge is 2.46. The molecule has 118 valence electrons. The highest BCUT2D eigenvalue weighted by atomic mass is 16.5. The molecule has 1 aliphatic rings. The molecule has 1 aliphatic carbocycles. The van der Waals surface area contributed by atoms with Gasteiger partial charge in [-0.3, -0.25) is 4.79 Å². The minimum atomic E-state index is -3.31. The van der Waals surface area contributed by atoms with Crippen LogP contribution in [0.4, 0.5) is 0 Å². The lowest BCUT2D eigenvalue weighted by Crippen LogP contribution is -2.59. The van der Waals surface area contributed by atoms with E-state index in [1.165, 1.54) is 0 Å². The standard InChI is InChI=1S/C12H26BN2O5/c1-15(2)8-10-4-3-9(5-6-13(18,19)20)7-12(10,14)11(16)17/h9-10,18-20H,3-8,14H2,1-2H3,(H,16,17)/q-1/t9-,10-,12+/m0/s1. The van der Waals surface area contributed by atoms with Gasteiger partial charge in [-0.1, -0.05) is 19.2 Å². The fourth-order valence-corrected chi connectivity index (χ4v) is 3.10. The smallest absolute Gasteiger partial charge is 0.371 e. The molecular weight excluding hydrogens is 263 g/mol. The molecule has 1 rings (SSSR count). The van der Waals surface area contributed by atoms with Gasteiger partial charge in [0.25, 0.3) is 0 Å². The van der Waals surface area contributed by atoms with Gasteiger partial charge in [-0.15, -0.1) is 0 Å². The second-order valence-corrected chi connectivity index (χ2v) is 6.42. The van der Waals surface area contributed by atoms with E-state index in [1.54, 1.807) is 0 Å². The largest absolute Gasteiger partial charge is 0.560 e. The number of rotatable bonds is 6. The quantitative estimate of drug-likeness (QED) is 0.399. The van der Waals surface area contributed by atoms with Crippen LogP contribution in [-0.4, -0.2) is 64.0 Å². The van der Waals surface area contributed by atoms with E-state index >= 15 is 0 Å². The van der Waals surface area contributed by atoms with E-state index < -0.39 is 18.3 Å². The van der Waals surface area contributed by atoms with Crippen molar-refractivity contribution in [1.29, 1.82) is 0 Å². The lowest BCUT2D eigenvalue weighted by molar-refractivity contribution is -0.148. The van der Waals surface area contributed by atoms with Crippen LogP contribution in [0.5, 0.6) is 0 Å². The van der Waals surface area contributed by atoms with E-state index in [0.717, 1.165) is 6.42 Å². The number of carboxylic acids is 1. The maximum atomic E-state index is 11.5. The molecule has 0 aromatic carbocycles. The predicted molar refractivity (Wildman–Crippen MR) is 75.8 cm³/mol. The minimum Gasteiger partial charge on any atom is -0.560 e. The molecule has 0 aliphatic heterocycles. The number of hydrogen-bond acceptors (Lipinski definition) is 6. The van der Waals surface area contributed by atoms with E-state index in [2.05, 4.69) is 0 Å². The second kappa shape index (κ2) is 6.40. The number of nitrogens with two attached hydrogens (primary N) is 1. The van der Waals surface area contributed by atoms with Crippen LogP contribution in [0.15, 0.2) is 0 Å². The Morgan fingerprint density at radius 3 is 2.40 bits per heavy atom. The Morgan fingerprint density at radius 1 is 1.35 bits per heavy atom. The van der Waals surface area contributed by atoms with Crippen molar-refractivity contribution in [1.82, 2.24) is 4.90 Å². The summed E-state index contributed by atoms with van der Waals surface area (Å²) in [6, 6.07) is 0. The summed E-state index contributed by atoms with van der Waals surface area (Å²) in [6.07, 6.45) is 2.00. The summed E-state index contributed by atoms with van der Waals surface area (Å²) in [5.41, 5.74) is 4.83. The van der Waals surface area contributed by atoms with Crippen molar-refractivity contribution in [3.63, 3.8) is 0 Å². The summed E-state index contributed by atoms with van der Waals surface area (Å²) in [7, 11) is 3.77. The molecule has 7 nitrogen and oxygen atoms in total. The Kier molecular flexibility index (Phi) is 5.57. The fourth-order valence-electron chi connectivity index (χ4n) is 3.10. The Bertz CT molecular complexity index is 347. The van der Waals surface area contributed by atoms with E-state index in [1.807, 2.05) is 19.0 Å². The molecule has 0 saturated heterocycles. The number of nitrogens with zero attached hydrogens (tertiary/aromatic N) is 1. The average Bonchev–Trinajstić information content (AvgIpc) is 2.28. The van der Waals surface area contributed by atoms with Crippen molar-refractivity contribution in [2.45, 2.75) is 37.5 Å². The third-order valence-electron chi connectivity index (χ3n) is 4.22. The Labute approximate surface area is 119 Å². The summed E-state index contributed by atoms with van der Waals surface area (Å²) >= 11 is 0. The average molecular weight is 289 g/mol. The van der Waals surface area contributed by atoms with Crippen molar-refractivity contribution >= 4 is 12.7 Å². The summed E-state index contributed by atoms with van der Waals surface area (Å²) in [5.74, 6) is -1.15. The Morgan fingerprint density at radius 2 is 1.95 bits per heavy atom. The van der Waals surface area contributed by atoms with Crippen molar-refractivity contribution in [3.8, 4) is 0 Å². The topological polar surface area (TPSA) is 127 Å². The van der Waals surface area contributed by atoms with E-state index in [9.17, 15) is 9.90 Å². The first-order chi connectivity index (χ1) is 9.04. The molecular formula is C12H26BN2O5-. The number of aliphatic carboxylic acids is 1. The molecule has 0 heterocycles. The summed E-state index contributed by atoms with van der Waals surface area (Å²) in [4.78, 5) is 13.5. The summed E-state index contributed by atoms with van der Waals surface area (Å²) in [6.45, 7) is -2.69. The van der Waals surface area contributed by atoms with Gasteiger partial charge in [0.15, 0.2) is 0 Å². The van der Waals surface area contributed by atoms with Gasteiger partial charge in [-0.05, 0) is 32.9 Å². The van der Waals surface area contributed by atoms with Crippen LogP contribution in [0.1, 0.15) is 25.7 Å². The first-order valence-electron chi connectivity index (χ1n) is 7.04. The van der Waals surface area contributed by atoms with Crippen LogP contribution < -0.4 is 5.73 Å². The lowest BCUT2D eigenvalue weighted by Gasteiger charge is -2.43. The highest BCUT2D eigenvalue weighted by Crippen LogP contribution is 2.38. The summed E-state index contributed by atoms with van der Waals surface area (Å²) in [5, 5.41) is 36.4. The molecule has 0 spiro atoms. The van der Waals surface area contributed by atoms with Crippen LogP contribution in [0.2, 0.25) is 6.32 Å². The predicted octanol–water partition coefficient (Wildman–Crippen LogP) is -0.948. The third-order valence-corrected chi connectivity index (χ3v) is 4.22. The SMILES string of the molecule is CN(C)C[C@@H]1CC[C@@H](CC[B-](O)(O)O)C[C@]1(N)C(=O)O. The maximum Gasteiger partial charge on any atom is 0.371 e. The molecule has 8 heteroatoms. The molecule has 0 unspecified atom stereocenters. The van der Waals surface area contributed by atoms with Crippen molar-refractivity contribution < 1.29 is 25.0 Å². The van der Waals surface area contributed by atoms with Crippen molar-refractivity contribution in [2.24, 2.45) is 17.6 Å². The van der Waals surface area contributed by atoms with Gasteiger partial charge in [0, 0.05) is 12.5 Å². The molecule has 0 aromatic heterocycles. The first-order valence-corrected chi connectivity index (χ1v) is 7.04. The van der Waals surface area contributed by atoms with Gasteiger partial charge in [-0.2, -0.15) is 0 Å². The third kappa shape index (κ3) is 4.71. The molecule has 3 atom stereocenters. The number of carbonyl (C=O) groups is 1. The Hall–Kier alpha value is -0.665. The van der Waals surface area contributed by atoms with Crippen molar-refractivity contribution in [3.05, 3.63) is 0 Å². The molecule has 6 N–H and O–H groups in total. The second-order valence-electron chi connectivity index (χ2n) is 6.42. The van der Waals surface area contributed by atoms with Crippen LogP contribution in [0, 0.1) is 11.8 Å². The van der Waals surface area contributed by atoms with Gasteiger partial charge in [0.05, 0.1) is 0 Å². The summed E-state index contributed by atoms with van der Waals surface area (Å²) < 4.78 is 0. The van der Waals surface area contributed by atoms with Gasteiger partial charge in [0.2, 0.25) is 0 Å². The van der Waals surface area contributed by atoms with E-state index in [4.69, 9.17) is 20.8 Å². The molecule has 20 heavy (non-hydrogen) atoms. The number of carboxylic acid groups (broad SMARTS) is 1. The molecule has 0 radical (unpaired) electrons. The molecule has 0 bridgehead atoms. The molecule has 1 fully saturated rings. The number of hydrogen-bond donors (Lipinski definition) is 5. The fraction of sp³-hybridized carbons (Fsp3) is 0.917. The first kappa shape index (κ1) is 17.4. The normalized spacial score (nSPS) is 31.6. The lowest BCUT2D eigenvalue weighted by atomic mass is 9.64. The van der Waals surface area contributed by atoms with E-state index in [0.29, 0.717) is 25.8 Å². The van der Waals surface area contributed by atoms with Crippen LogP contribution in [0.25, 0.3) is 0 Å². The van der Waals surface area contributed by atoms with Crippen LogP contribution >= 0.6 is 0 Å². The molecule has 0 amide bonds. The van der Waals surface area contributed by atoms with Crippen LogP contribution in [-0.2, 0) is 4.79 Å². The van der Waals surface area contributed by atoms with Crippen LogP contribution in [0.3, 0.4) is 0 Å². The maximum absolute atomic E-state index is 11.5. The van der Waals surface area contributed by atoms with Crippen molar-refractivity contribution in [2.75, 3.05) is 20.6 Å². The Balaban J connectivity index is 2.70. The monoisotopic (exact) mass is 289 g/mol. The van der Waals surface area contributed by atoms with E-state index in [-0.39, 0.29) is 18.2 Å². The zero-order valence-corrected chi connectivity index (χ0v) is 12.2.